The van der Waals surface area contributed by atoms with E-state index in [1.165, 1.54) is 5.56 Å². The Morgan fingerprint density at radius 3 is 2.61 bits per heavy atom. The van der Waals surface area contributed by atoms with Crippen molar-refractivity contribution in [2.45, 2.75) is 59.0 Å². The maximum atomic E-state index is 12.2. The Kier molecular flexibility index (Phi) is 10.1. The van der Waals surface area contributed by atoms with E-state index in [2.05, 4.69) is 29.4 Å². The summed E-state index contributed by atoms with van der Waals surface area (Å²) in [5.41, 5.74) is 7.78. The fraction of sp³-hybridized carbons (Fsp3) is 0.619. The Labute approximate surface area is 186 Å². The van der Waals surface area contributed by atoms with Crippen LogP contribution in [0.25, 0.3) is 0 Å². The number of aliphatic imine (C=N–C) groups is 1. The molecule has 1 atom stereocenters. The lowest BCUT2D eigenvalue weighted by Gasteiger charge is -2.34. The summed E-state index contributed by atoms with van der Waals surface area (Å²) in [6.45, 7) is 9.97. The predicted molar refractivity (Wildman–Crippen MR) is 126 cm³/mol. The molecule has 1 heterocycles. The van der Waals surface area contributed by atoms with Crippen LogP contribution in [0.5, 0.6) is 0 Å². The Morgan fingerprint density at radius 1 is 1.32 bits per heavy atom. The van der Waals surface area contributed by atoms with E-state index < -0.39 is 5.60 Å². The summed E-state index contributed by atoms with van der Waals surface area (Å²) in [6.07, 6.45) is 3.83. The highest BCUT2D eigenvalue weighted by atomic mass is 127. The van der Waals surface area contributed by atoms with Gasteiger partial charge >= 0.3 is 6.09 Å². The number of nitrogens with two attached hydrogens (primary N) is 1. The first-order valence-corrected chi connectivity index (χ1v) is 9.90. The number of benzene rings is 1. The Bertz CT molecular complexity index is 641. The van der Waals surface area contributed by atoms with Crippen LogP contribution in [0, 0.1) is 5.92 Å². The molecule has 1 aliphatic heterocycles. The van der Waals surface area contributed by atoms with E-state index in [9.17, 15) is 4.79 Å². The van der Waals surface area contributed by atoms with Crippen molar-refractivity contribution in [1.82, 2.24) is 4.90 Å². The summed E-state index contributed by atoms with van der Waals surface area (Å²) in [4.78, 5) is 18.5. The quantitative estimate of drug-likeness (QED) is 0.350. The minimum Gasteiger partial charge on any atom is -0.444 e. The fourth-order valence-electron chi connectivity index (χ4n) is 3.17. The van der Waals surface area contributed by atoms with E-state index in [1.807, 2.05) is 37.8 Å². The van der Waals surface area contributed by atoms with E-state index in [0.717, 1.165) is 44.5 Å². The van der Waals surface area contributed by atoms with Gasteiger partial charge in [-0.25, -0.2) is 4.79 Å². The smallest absolute Gasteiger partial charge is 0.410 e. The maximum Gasteiger partial charge on any atom is 0.410 e. The summed E-state index contributed by atoms with van der Waals surface area (Å²) < 4.78 is 5.48. The number of hydrogen-bond acceptors (Lipinski definition) is 3. The van der Waals surface area contributed by atoms with E-state index in [1.54, 1.807) is 0 Å². The number of carbonyl (C=O) groups is 1. The van der Waals surface area contributed by atoms with Gasteiger partial charge in [-0.1, -0.05) is 19.1 Å². The summed E-state index contributed by atoms with van der Waals surface area (Å²) in [7, 11) is 0. The van der Waals surface area contributed by atoms with Crippen molar-refractivity contribution >= 4 is 41.7 Å². The van der Waals surface area contributed by atoms with Crippen molar-refractivity contribution in [3.63, 3.8) is 0 Å². The van der Waals surface area contributed by atoms with Crippen LogP contribution < -0.4 is 11.1 Å². The highest BCUT2D eigenvalue weighted by molar-refractivity contribution is 14.0. The van der Waals surface area contributed by atoms with Gasteiger partial charge in [0.25, 0.3) is 0 Å². The number of nitrogens with one attached hydrogen (secondary N) is 1. The highest BCUT2D eigenvalue weighted by Gasteiger charge is 2.27. The average Bonchev–Trinajstić information content (AvgIpc) is 2.61. The largest absolute Gasteiger partial charge is 0.444 e. The van der Waals surface area contributed by atoms with Crippen molar-refractivity contribution in [3.8, 4) is 0 Å². The lowest BCUT2D eigenvalue weighted by atomic mass is 9.95. The molecule has 1 saturated heterocycles. The molecular formula is C21H35IN4O2. The zero-order valence-corrected chi connectivity index (χ0v) is 19.9. The van der Waals surface area contributed by atoms with Crippen molar-refractivity contribution < 1.29 is 9.53 Å². The second kappa shape index (κ2) is 11.5. The molecule has 3 N–H and O–H groups in total. The molecule has 2 rings (SSSR count). The van der Waals surface area contributed by atoms with Crippen LogP contribution in [-0.2, 0) is 11.2 Å². The van der Waals surface area contributed by atoms with Crippen LogP contribution in [0.4, 0.5) is 10.5 Å². The molecule has 0 aliphatic carbocycles. The second-order valence-electron chi connectivity index (χ2n) is 8.17. The molecule has 0 aromatic heterocycles. The lowest BCUT2D eigenvalue weighted by molar-refractivity contribution is 0.0163. The molecule has 1 fully saturated rings. The molecule has 1 unspecified atom stereocenters. The van der Waals surface area contributed by atoms with Gasteiger partial charge in [-0.3, -0.25) is 4.99 Å². The summed E-state index contributed by atoms with van der Waals surface area (Å²) in [6, 6.07) is 8.20. The standard InChI is InChI=1S/C21H34N4O2.HI/c1-5-16-8-10-18(11-9-16)24-19(22)23-13-12-17-7-6-14-25(15-17)20(26)27-21(2,3)4;/h8-11,17H,5-7,12-15H2,1-4H3,(H3,22,23,24);1H. The monoisotopic (exact) mass is 502 g/mol. The van der Waals surface area contributed by atoms with Crippen molar-refractivity contribution in [2.24, 2.45) is 16.6 Å². The number of amides is 1. The van der Waals surface area contributed by atoms with Gasteiger partial charge in [-0.05, 0) is 70.1 Å². The number of carbonyl (C=O) groups excluding carboxylic acids is 1. The van der Waals surface area contributed by atoms with Gasteiger partial charge in [-0.2, -0.15) is 0 Å². The number of ether oxygens (including phenoxy) is 1. The highest BCUT2D eigenvalue weighted by Crippen LogP contribution is 2.21. The van der Waals surface area contributed by atoms with Gasteiger partial charge in [0.15, 0.2) is 5.96 Å². The Morgan fingerprint density at radius 2 is 2.00 bits per heavy atom. The molecule has 0 spiro atoms. The number of aryl methyl sites for hydroxylation is 1. The van der Waals surface area contributed by atoms with Gasteiger partial charge in [0.05, 0.1) is 0 Å². The minimum atomic E-state index is -0.455. The van der Waals surface area contributed by atoms with Crippen LogP contribution in [-0.4, -0.2) is 42.2 Å². The number of likely N-dealkylation sites (tertiary alicyclic amines) is 1. The molecule has 1 amide bonds. The summed E-state index contributed by atoms with van der Waals surface area (Å²) in [5, 5.41) is 3.13. The SMILES string of the molecule is CCc1ccc(NC(N)=NCCC2CCCN(C(=O)OC(C)(C)C)C2)cc1.I. The number of hydrogen-bond donors (Lipinski definition) is 2. The van der Waals surface area contributed by atoms with E-state index in [-0.39, 0.29) is 30.1 Å². The molecule has 1 aliphatic rings. The lowest BCUT2D eigenvalue weighted by Crippen LogP contribution is -2.43. The number of anilines is 1. The molecule has 6 nitrogen and oxygen atoms in total. The van der Waals surface area contributed by atoms with Gasteiger partial charge in [0, 0.05) is 25.3 Å². The molecule has 0 bridgehead atoms. The van der Waals surface area contributed by atoms with Gasteiger partial charge in [0.1, 0.15) is 5.60 Å². The average molecular weight is 502 g/mol. The predicted octanol–water partition coefficient (Wildman–Crippen LogP) is 4.63. The zero-order chi connectivity index (χ0) is 19.9. The van der Waals surface area contributed by atoms with Crippen LogP contribution in [0.3, 0.4) is 0 Å². The summed E-state index contributed by atoms with van der Waals surface area (Å²) in [5.74, 6) is 0.866. The van der Waals surface area contributed by atoms with Gasteiger partial charge in [-0.15, -0.1) is 24.0 Å². The van der Waals surface area contributed by atoms with Crippen molar-refractivity contribution in [1.29, 1.82) is 0 Å². The fourth-order valence-corrected chi connectivity index (χ4v) is 3.17. The summed E-state index contributed by atoms with van der Waals surface area (Å²) >= 11 is 0. The third-order valence-electron chi connectivity index (χ3n) is 4.62. The first-order valence-electron chi connectivity index (χ1n) is 9.90. The van der Waals surface area contributed by atoms with Gasteiger partial charge in [0.2, 0.25) is 0 Å². The molecule has 28 heavy (non-hydrogen) atoms. The van der Waals surface area contributed by atoms with E-state index in [0.29, 0.717) is 18.4 Å². The number of guanidine groups is 1. The zero-order valence-electron chi connectivity index (χ0n) is 17.5. The Hall–Kier alpha value is -1.51. The third kappa shape index (κ3) is 8.67. The maximum absolute atomic E-state index is 12.2. The number of nitrogens with zero attached hydrogens (tertiary/aromatic N) is 2. The molecule has 0 saturated carbocycles. The first-order chi connectivity index (χ1) is 12.8. The number of rotatable bonds is 5. The molecule has 158 valence electrons. The number of piperidine rings is 1. The normalized spacial score (nSPS) is 17.6. The van der Waals surface area contributed by atoms with E-state index in [4.69, 9.17) is 10.5 Å². The van der Waals surface area contributed by atoms with Crippen LogP contribution in [0.15, 0.2) is 29.3 Å². The topological polar surface area (TPSA) is 80.0 Å². The van der Waals surface area contributed by atoms with Crippen LogP contribution in [0.1, 0.15) is 52.5 Å². The molecular weight excluding hydrogens is 467 g/mol. The second-order valence-corrected chi connectivity index (χ2v) is 8.17. The van der Waals surface area contributed by atoms with E-state index >= 15 is 0 Å². The first kappa shape index (κ1) is 24.5. The molecule has 1 aromatic carbocycles. The van der Waals surface area contributed by atoms with Gasteiger partial charge < -0.3 is 20.7 Å². The molecule has 1 aromatic rings. The van der Waals surface area contributed by atoms with Crippen LogP contribution in [0.2, 0.25) is 0 Å². The number of halogens is 1. The van der Waals surface area contributed by atoms with Crippen molar-refractivity contribution in [3.05, 3.63) is 29.8 Å². The Balaban J connectivity index is 0.00000392. The molecule has 0 radical (unpaired) electrons. The third-order valence-corrected chi connectivity index (χ3v) is 4.62. The molecule has 7 heteroatoms. The minimum absolute atomic E-state index is 0. The van der Waals surface area contributed by atoms with Crippen LogP contribution >= 0.6 is 24.0 Å². The van der Waals surface area contributed by atoms with Crippen molar-refractivity contribution in [2.75, 3.05) is 25.0 Å².